The Morgan fingerprint density at radius 1 is 1.40 bits per heavy atom. The number of benzene rings is 1. The monoisotopic (exact) mass is 204 g/mol. The van der Waals surface area contributed by atoms with Crippen LogP contribution in [0.3, 0.4) is 0 Å². The molecule has 1 saturated carbocycles. The van der Waals surface area contributed by atoms with Gasteiger partial charge in [-0.05, 0) is 43.9 Å². The van der Waals surface area contributed by atoms with Crippen LogP contribution in [0.4, 0.5) is 5.69 Å². The summed E-state index contributed by atoms with van der Waals surface area (Å²) in [5.41, 5.74) is 8.74. The van der Waals surface area contributed by atoms with E-state index < -0.39 is 0 Å². The van der Waals surface area contributed by atoms with Gasteiger partial charge < -0.3 is 10.6 Å². The van der Waals surface area contributed by atoms with Crippen LogP contribution in [-0.2, 0) is 0 Å². The second kappa shape index (κ2) is 3.86. The third kappa shape index (κ3) is 1.74. The van der Waals surface area contributed by atoms with E-state index >= 15 is 0 Å². The van der Waals surface area contributed by atoms with E-state index in [1.54, 1.807) is 0 Å². The van der Waals surface area contributed by atoms with Crippen molar-refractivity contribution in [2.45, 2.75) is 31.7 Å². The van der Waals surface area contributed by atoms with Crippen LogP contribution in [-0.4, -0.2) is 19.1 Å². The van der Waals surface area contributed by atoms with Gasteiger partial charge in [-0.2, -0.15) is 0 Å². The van der Waals surface area contributed by atoms with Gasteiger partial charge in [0.2, 0.25) is 0 Å². The number of anilines is 1. The van der Waals surface area contributed by atoms with Crippen LogP contribution in [0.25, 0.3) is 0 Å². The first-order chi connectivity index (χ1) is 7.18. The molecule has 82 valence electrons. The first kappa shape index (κ1) is 10.5. The molecule has 15 heavy (non-hydrogen) atoms. The van der Waals surface area contributed by atoms with Gasteiger partial charge in [0, 0.05) is 19.3 Å². The molecular formula is C13H20N2. The molecule has 1 aliphatic carbocycles. The molecule has 0 saturated heterocycles. The highest BCUT2D eigenvalue weighted by atomic mass is 15.2. The highest BCUT2D eigenvalue weighted by molar-refractivity contribution is 5.51. The summed E-state index contributed by atoms with van der Waals surface area (Å²) < 4.78 is 0. The minimum absolute atomic E-state index is 0.230. The second-order valence-corrected chi connectivity index (χ2v) is 4.68. The Kier molecular flexibility index (Phi) is 2.70. The van der Waals surface area contributed by atoms with Crippen molar-refractivity contribution in [1.29, 1.82) is 0 Å². The molecule has 1 aromatic rings. The summed E-state index contributed by atoms with van der Waals surface area (Å²) in [6.07, 6.45) is 3.77. The maximum atomic E-state index is 5.90. The Labute approximate surface area is 92.1 Å². The average molecular weight is 204 g/mol. The molecule has 2 rings (SSSR count). The summed E-state index contributed by atoms with van der Waals surface area (Å²) in [6, 6.07) is 8.65. The molecule has 1 aromatic carbocycles. The lowest BCUT2D eigenvalue weighted by molar-refractivity contribution is 0.246. The van der Waals surface area contributed by atoms with E-state index in [9.17, 15) is 0 Å². The third-order valence-corrected chi connectivity index (χ3v) is 3.76. The number of nitrogens with two attached hydrogens (primary N) is 1. The standard InChI is InChI=1S/C13H20N2/c1-11-5-3-6-12(9-11)15(2)13(10-14)7-4-8-13/h3,5-6,9H,4,7-8,10,14H2,1-2H3. The fraction of sp³-hybridized carbons (Fsp3) is 0.538. The summed E-state index contributed by atoms with van der Waals surface area (Å²) in [4.78, 5) is 2.36. The molecular weight excluding hydrogens is 184 g/mol. The topological polar surface area (TPSA) is 29.3 Å². The molecule has 0 spiro atoms. The van der Waals surface area contributed by atoms with Gasteiger partial charge in [-0.1, -0.05) is 12.1 Å². The van der Waals surface area contributed by atoms with E-state index in [0.29, 0.717) is 0 Å². The van der Waals surface area contributed by atoms with Crippen molar-refractivity contribution >= 4 is 5.69 Å². The van der Waals surface area contributed by atoms with Crippen molar-refractivity contribution < 1.29 is 0 Å². The molecule has 0 unspecified atom stereocenters. The fourth-order valence-corrected chi connectivity index (χ4v) is 2.37. The van der Waals surface area contributed by atoms with Crippen molar-refractivity contribution in [3.8, 4) is 0 Å². The smallest absolute Gasteiger partial charge is 0.0521 e. The number of aryl methyl sites for hydroxylation is 1. The van der Waals surface area contributed by atoms with E-state index in [0.717, 1.165) is 6.54 Å². The second-order valence-electron chi connectivity index (χ2n) is 4.68. The van der Waals surface area contributed by atoms with Crippen LogP contribution >= 0.6 is 0 Å². The van der Waals surface area contributed by atoms with Crippen molar-refractivity contribution in [1.82, 2.24) is 0 Å². The fourth-order valence-electron chi connectivity index (χ4n) is 2.37. The maximum Gasteiger partial charge on any atom is 0.0521 e. The molecule has 0 heterocycles. The molecule has 0 radical (unpaired) electrons. The third-order valence-electron chi connectivity index (χ3n) is 3.76. The van der Waals surface area contributed by atoms with Gasteiger partial charge in [-0.3, -0.25) is 0 Å². The van der Waals surface area contributed by atoms with Gasteiger partial charge in [-0.25, -0.2) is 0 Å². The van der Waals surface area contributed by atoms with Crippen LogP contribution in [0.1, 0.15) is 24.8 Å². The van der Waals surface area contributed by atoms with E-state index in [2.05, 4.69) is 43.1 Å². The van der Waals surface area contributed by atoms with Gasteiger partial charge >= 0.3 is 0 Å². The van der Waals surface area contributed by atoms with E-state index in [1.807, 2.05) is 0 Å². The quantitative estimate of drug-likeness (QED) is 0.818. The van der Waals surface area contributed by atoms with Crippen molar-refractivity contribution in [2.75, 3.05) is 18.5 Å². The summed E-state index contributed by atoms with van der Waals surface area (Å²) in [6.45, 7) is 2.89. The zero-order chi connectivity index (χ0) is 10.9. The lowest BCUT2D eigenvalue weighted by Crippen LogP contribution is -2.57. The Morgan fingerprint density at radius 3 is 2.60 bits per heavy atom. The zero-order valence-electron chi connectivity index (χ0n) is 9.66. The van der Waals surface area contributed by atoms with Crippen molar-refractivity contribution in [3.63, 3.8) is 0 Å². The number of nitrogens with zero attached hydrogens (tertiary/aromatic N) is 1. The van der Waals surface area contributed by atoms with E-state index in [1.165, 1.54) is 30.5 Å². The summed E-state index contributed by atoms with van der Waals surface area (Å²) >= 11 is 0. The largest absolute Gasteiger partial charge is 0.368 e. The molecule has 0 amide bonds. The Morgan fingerprint density at radius 2 is 2.13 bits per heavy atom. The van der Waals surface area contributed by atoms with Crippen LogP contribution < -0.4 is 10.6 Å². The number of hydrogen-bond donors (Lipinski definition) is 1. The molecule has 2 heteroatoms. The highest BCUT2D eigenvalue weighted by Crippen LogP contribution is 2.38. The molecule has 0 aromatic heterocycles. The van der Waals surface area contributed by atoms with Crippen LogP contribution in [0.15, 0.2) is 24.3 Å². The van der Waals surface area contributed by atoms with Gasteiger partial charge in [0.1, 0.15) is 0 Å². The summed E-state index contributed by atoms with van der Waals surface area (Å²) in [7, 11) is 2.17. The lowest BCUT2D eigenvalue weighted by Gasteiger charge is -2.49. The molecule has 2 nitrogen and oxygen atoms in total. The van der Waals surface area contributed by atoms with Crippen molar-refractivity contribution in [2.24, 2.45) is 5.73 Å². The summed E-state index contributed by atoms with van der Waals surface area (Å²) in [5, 5.41) is 0. The van der Waals surface area contributed by atoms with Crippen LogP contribution in [0.2, 0.25) is 0 Å². The Balaban J connectivity index is 2.23. The molecule has 0 bridgehead atoms. The minimum Gasteiger partial charge on any atom is -0.368 e. The van der Waals surface area contributed by atoms with Gasteiger partial charge in [-0.15, -0.1) is 0 Å². The average Bonchev–Trinajstić information content (AvgIpc) is 2.17. The predicted octanol–water partition coefficient (Wildman–Crippen LogP) is 2.31. The lowest BCUT2D eigenvalue weighted by atomic mass is 9.75. The molecule has 1 fully saturated rings. The highest BCUT2D eigenvalue weighted by Gasteiger charge is 2.39. The molecule has 1 aliphatic rings. The van der Waals surface area contributed by atoms with Gasteiger partial charge in [0.25, 0.3) is 0 Å². The number of rotatable bonds is 3. The molecule has 0 atom stereocenters. The summed E-state index contributed by atoms with van der Waals surface area (Å²) in [5.74, 6) is 0. The minimum atomic E-state index is 0.230. The maximum absolute atomic E-state index is 5.90. The Bertz CT molecular complexity index is 337. The molecule has 2 N–H and O–H groups in total. The first-order valence-electron chi connectivity index (χ1n) is 5.68. The molecule has 0 aliphatic heterocycles. The SMILES string of the molecule is Cc1cccc(N(C)C2(CN)CCC2)c1. The normalized spacial score (nSPS) is 18.3. The van der Waals surface area contributed by atoms with Gasteiger partial charge in [0.15, 0.2) is 0 Å². The first-order valence-corrected chi connectivity index (χ1v) is 5.68. The zero-order valence-corrected chi connectivity index (χ0v) is 9.66. The van der Waals surface area contributed by atoms with Crippen LogP contribution in [0, 0.1) is 6.92 Å². The number of likely N-dealkylation sites (N-methyl/N-ethyl adjacent to an activating group) is 1. The number of hydrogen-bond acceptors (Lipinski definition) is 2. The van der Waals surface area contributed by atoms with E-state index in [4.69, 9.17) is 5.73 Å². The van der Waals surface area contributed by atoms with E-state index in [-0.39, 0.29) is 5.54 Å². The van der Waals surface area contributed by atoms with Crippen LogP contribution in [0.5, 0.6) is 0 Å². The Hall–Kier alpha value is -1.02. The predicted molar refractivity (Wildman–Crippen MR) is 65.2 cm³/mol. The van der Waals surface area contributed by atoms with Gasteiger partial charge in [0.05, 0.1) is 5.54 Å². The van der Waals surface area contributed by atoms with Crippen molar-refractivity contribution in [3.05, 3.63) is 29.8 Å².